The summed E-state index contributed by atoms with van der Waals surface area (Å²) in [6.07, 6.45) is 7.91. The largest absolute Gasteiger partial charge is 0.314 e. The van der Waals surface area contributed by atoms with Gasteiger partial charge in [0, 0.05) is 18.6 Å². The fraction of sp³-hybridized carbons (Fsp3) is 1.00. The molecule has 0 aliphatic carbocycles. The van der Waals surface area contributed by atoms with Gasteiger partial charge in [-0.2, -0.15) is 0 Å². The number of rotatable bonds is 9. The van der Waals surface area contributed by atoms with Crippen LogP contribution in [-0.4, -0.2) is 61.7 Å². The standard InChI is InChI=1S/C17H37N3/c1-5-11-18-16(3)10-7-8-13-20-14-9-12-19(4)15-17(20)6-2/h16-18H,5-15H2,1-4H3. The zero-order valence-corrected chi connectivity index (χ0v) is 14.3. The Balaban J connectivity index is 2.18. The maximum atomic E-state index is 3.59. The highest BCUT2D eigenvalue weighted by Gasteiger charge is 2.21. The van der Waals surface area contributed by atoms with Crippen molar-refractivity contribution in [3.8, 4) is 0 Å². The van der Waals surface area contributed by atoms with Gasteiger partial charge in [-0.25, -0.2) is 0 Å². The molecule has 0 aromatic heterocycles. The first kappa shape index (κ1) is 17.9. The molecule has 0 amide bonds. The lowest BCUT2D eigenvalue weighted by atomic mass is 10.1. The van der Waals surface area contributed by atoms with E-state index in [1.165, 1.54) is 64.7 Å². The second-order valence-corrected chi connectivity index (χ2v) is 6.56. The van der Waals surface area contributed by atoms with Crippen molar-refractivity contribution in [2.75, 3.05) is 39.8 Å². The molecule has 1 aliphatic heterocycles. The van der Waals surface area contributed by atoms with Crippen molar-refractivity contribution in [1.82, 2.24) is 15.1 Å². The van der Waals surface area contributed by atoms with Gasteiger partial charge in [0.15, 0.2) is 0 Å². The van der Waals surface area contributed by atoms with Gasteiger partial charge in [-0.05, 0) is 72.3 Å². The summed E-state index contributed by atoms with van der Waals surface area (Å²) >= 11 is 0. The number of hydrogen-bond donors (Lipinski definition) is 1. The molecule has 0 radical (unpaired) electrons. The predicted molar refractivity (Wildman–Crippen MR) is 89.4 cm³/mol. The van der Waals surface area contributed by atoms with Gasteiger partial charge >= 0.3 is 0 Å². The summed E-state index contributed by atoms with van der Waals surface area (Å²) < 4.78 is 0. The molecule has 0 saturated carbocycles. The lowest BCUT2D eigenvalue weighted by molar-refractivity contribution is 0.179. The van der Waals surface area contributed by atoms with Crippen molar-refractivity contribution >= 4 is 0 Å². The molecule has 20 heavy (non-hydrogen) atoms. The summed E-state index contributed by atoms with van der Waals surface area (Å²) in [5, 5.41) is 3.59. The van der Waals surface area contributed by atoms with Gasteiger partial charge in [0.2, 0.25) is 0 Å². The highest BCUT2D eigenvalue weighted by molar-refractivity contribution is 4.77. The van der Waals surface area contributed by atoms with E-state index in [-0.39, 0.29) is 0 Å². The van der Waals surface area contributed by atoms with E-state index in [1.54, 1.807) is 0 Å². The Bertz CT molecular complexity index is 232. The first-order valence-electron chi connectivity index (χ1n) is 8.83. The second-order valence-electron chi connectivity index (χ2n) is 6.56. The minimum absolute atomic E-state index is 0.687. The molecule has 120 valence electrons. The topological polar surface area (TPSA) is 18.5 Å². The number of hydrogen-bond acceptors (Lipinski definition) is 3. The Hall–Kier alpha value is -0.120. The lowest BCUT2D eigenvalue weighted by Gasteiger charge is -2.30. The second kappa shape index (κ2) is 10.6. The number of likely N-dealkylation sites (N-methyl/N-ethyl adjacent to an activating group) is 1. The van der Waals surface area contributed by atoms with E-state index in [4.69, 9.17) is 0 Å². The van der Waals surface area contributed by atoms with E-state index < -0.39 is 0 Å². The Morgan fingerprint density at radius 2 is 2.00 bits per heavy atom. The third kappa shape index (κ3) is 7.05. The molecule has 1 heterocycles. The summed E-state index contributed by atoms with van der Waals surface area (Å²) in [4.78, 5) is 5.25. The molecule has 1 fully saturated rings. The zero-order valence-electron chi connectivity index (χ0n) is 14.3. The van der Waals surface area contributed by atoms with Crippen molar-refractivity contribution in [3.63, 3.8) is 0 Å². The third-order valence-corrected chi connectivity index (χ3v) is 4.57. The first-order valence-corrected chi connectivity index (χ1v) is 8.83. The van der Waals surface area contributed by atoms with Crippen LogP contribution >= 0.6 is 0 Å². The summed E-state index contributed by atoms with van der Waals surface area (Å²) in [6.45, 7) is 13.2. The Labute approximate surface area is 127 Å². The van der Waals surface area contributed by atoms with Crippen LogP contribution in [0, 0.1) is 0 Å². The Kier molecular flexibility index (Phi) is 9.49. The lowest BCUT2D eigenvalue weighted by Crippen LogP contribution is -2.40. The molecule has 3 heteroatoms. The van der Waals surface area contributed by atoms with Crippen molar-refractivity contribution < 1.29 is 0 Å². The Morgan fingerprint density at radius 1 is 1.20 bits per heavy atom. The van der Waals surface area contributed by atoms with Gasteiger partial charge in [-0.3, -0.25) is 4.90 Å². The highest BCUT2D eigenvalue weighted by atomic mass is 15.2. The SMILES string of the molecule is CCCNC(C)CCCCN1CCCN(C)CC1CC. The van der Waals surface area contributed by atoms with Gasteiger partial charge in [0.1, 0.15) is 0 Å². The van der Waals surface area contributed by atoms with Crippen LogP contribution in [0.5, 0.6) is 0 Å². The number of nitrogens with one attached hydrogen (secondary N) is 1. The highest BCUT2D eigenvalue weighted by Crippen LogP contribution is 2.13. The van der Waals surface area contributed by atoms with E-state index in [0.717, 1.165) is 12.6 Å². The smallest absolute Gasteiger partial charge is 0.0220 e. The summed E-state index contributed by atoms with van der Waals surface area (Å²) in [7, 11) is 2.27. The molecule has 3 nitrogen and oxygen atoms in total. The van der Waals surface area contributed by atoms with Gasteiger partial charge < -0.3 is 10.2 Å². The van der Waals surface area contributed by atoms with Crippen LogP contribution < -0.4 is 5.32 Å². The van der Waals surface area contributed by atoms with Gasteiger partial charge in [-0.1, -0.05) is 20.3 Å². The molecule has 0 aromatic rings. The monoisotopic (exact) mass is 283 g/mol. The molecule has 1 saturated heterocycles. The van der Waals surface area contributed by atoms with E-state index in [1.807, 2.05) is 0 Å². The van der Waals surface area contributed by atoms with Crippen LogP contribution in [0.2, 0.25) is 0 Å². The molecule has 1 rings (SSSR count). The zero-order chi connectivity index (χ0) is 14.8. The molecule has 1 aliphatic rings. The molecular weight excluding hydrogens is 246 g/mol. The maximum Gasteiger partial charge on any atom is 0.0220 e. The van der Waals surface area contributed by atoms with Crippen LogP contribution in [0.1, 0.15) is 59.3 Å². The van der Waals surface area contributed by atoms with Crippen LogP contribution in [0.25, 0.3) is 0 Å². The maximum absolute atomic E-state index is 3.59. The summed E-state index contributed by atoms with van der Waals surface area (Å²) in [6, 6.07) is 1.46. The predicted octanol–water partition coefficient (Wildman–Crippen LogP) is 2.96. The van der Waals surface area contributed by atoms with Gasteiger partial charge in [0.25, 0.3) is 0 Å². The molecule has 0 aromatic carbocycles. The molecule has 1 N–H and O–H groups in total. The first-order chi connectivity index (χ1) is 9.67. The van der Waals surface area contributed by atoms with E-state index in [0.29, 0.717) is 6.04 Å². The normalized spacial score (nSPS) is 23.7. The van der Waals surface area contributed by atoms with E-state index in [2.05, 4.69) is 42.9 Å². The fourth-order valence-electron chi connectivity index (χ4n) is 3.23. The number of nitrogens with zero attached hydrogens (tertiary/aromatic N) is 2. The molecule has 0 bridgehead atoms. The van der Waals surface area contributed by atoms with Gasteiger partial charge in [-0.15, -0.1) is 0 Å². The molecule has 2 atom stereocenters. The minimum atomic E-state index is 0.687. The van der Waals surface area contributed by atoms with E-state index >= 15 is 0 Å². The number of unbranched alkanes of at least 4 members (excludes halogenated alkanes) is 1. The van der Waals surface area contributed by atoms with Crippen molar-refractivity contribution in [2.45, 2.75) is 71.4 Å². The van der Waals surface area contributed by atoms with Crippen molar-refractivity contribution in [3.05, 3.63) is 0 Å². The van der Waals surface area contributed by atoms with Crippen LogP contribution in [0.4, 0.5) is 0 Å². The molecule has 2 unspecified atom stereocenters. The van der Waals surface area contributed by atoms with E-state index in [9.17, 15) is 0 Å². The average Bonchev–Trinajstić information content (AvgIpc) is 2.62. The van der Waals surface area contributed by atoms with Crippen molar-refractivity contribution in [2.24, 2.45) is 0 Å². The van der Waals surface area contributed by atoms with Crippen LogP contribution in [-0.2, 0) is 0 Å². The van der Waals surface area contributed by atoms with Crippen LogP contribution in [0.15, 0.2) is 0 Å². The Morgan fingerprint density at radius 3 is 2.70 bits per heavy atom. The quantitative estimate of drug-likeness (QED) is 0.656. The molecule has 0 spiro atoms. The molecular formula is C17H37N3. The fourth-order valence-corrected chi connectivity index (χ4v) is 3.23. The van der Waals surface area contributed by atoms with Crippen LogP contribution in [0.3, 0.4) is 0 Å². The summed E-state index contributed by atoms with van der Waals surface area (Å²) in [5.41, 5.74) is 0. The van der Waals surface area contributed by atoms with Crippen molar-refractivity contribution in [1.29, 1.82) is 0 Å². The third-order valence-electron chi connectivity index (χ3n) is 4.57. The minimum Gasteiger partial charge on any atom is -0.314 e. The summed E-state index contributed by atoms with van der Waals surface area (Å²) in [5.74, 6) is 0. The van der Waals surface area contributed by atoms with Gasteiger partial charge in [0.05, 0.1) is 0 Å². The average molecular weight is 284 g/mol.